The molecule has 1 aromatic carbocycles. The van der Waals surface area contributed by atoms with Crippen molar-refractivity contribution in [2.45, 2.75) is 24.8 Å². The lowest BCUT2D eigenvalue weighted by molar-refractivity contribution is -0.116. The minimum absolute atomic E-state index is 0.146. The molecule has 0 bridgehead atoms. The van der Waals surface area contributed by atoms with Crippen molar-refractivity contribution in [3.8, 4) is 5.75 Å². The highest BCUT2D eigenvalue weighted by Gasteiger charge is 2.39. The first-order valence-electron chi connectivity index (χ1n) is 8.84. The Morgan fingerprint density at radius 3 is 2.81 bits per heavy atom. The van der Waals surface area contributed by atoms with E-state index in [1.807, 2.05) is 40.4 Å². The standard InChI is InChI=1S/C20H18N4O2S/c1-26-14-6-4-12(5-7-14)13-9-15-18(16(25)10-13)19(17-3-2-8-27-17)24-20(23-15)21-11-22-24/h2-8,11,13,19H,9-10H2,1H3,(H,21,22,23)/t13-,19+/m0/s1. The minimum Gasteiger partial charge on any atom is -0.497 e. The summed E-state index contributed by atoms with van der Waals surface area (Å²) in [5.41, 5.74) is 2.93. The van der Waals surface area contributed by atoms with Gasteiger partial charge in [0, 0.05) is 22.6 Å². The van der Waals surface area contributed by atoms with Crippen molar-refractivity contribution < 1.29 is 9.53 Å². The molecule has 6 nitrogen and oxygen atoms in total. The van der Waals surface area contributed by atoms with Gasteiger partial charge in [-0.25, -0.2) is 4.68 Å². The Hall–Kier alpha value is -2.93. The zero-order chi connectivity index (χ0) is 18.4. The van der Waals surface area contributed by atoms with E-state index in [0.717, 1.165) is 33.9 Å². The van der Waals surface area contributed by atoms with Crippen molar-refractivity contribution in [2.24, 2.45) is 0 Å². The smallest absolute Gasteiger partial charge is 0.226 e. The van der Waals surface area contributed by atoms with Crippen LogP contribution in [0.3, 0.4) is 0 Å². The molecule has 0 unspecified atom stereocenters. The van der Waals surface area contributed by atoms with Crippen molar-refractivity contribution in [3.05, 3.63) is 69.8 Å². The zero-order valence-electron chi connectivity index (χ0n) is 14.8. The van der Waals surface area contributed by atoms with Gasteiger partial charge in [-0.3, -0.25) is 4.79 Å². The SMILES string of the molecule is COc1ccc([C@@H]2CC(=O)C3=C(C2)Nc2ncnn2[C@@H]3c2cccs2)cc1. The highest BCUT2D eigenvalue weighted by Crippen LogP contribution is 2.44. The molecule has 0 saturated carbocycles. The number of rotatable bonds is 3. The summed E-state index contributed by atoms with van der Waals surface area (Å²) < 4.78 is 7.06. The molecule has 2 aliphatic rings. The number of aromatic nitrogens is 3. The highest BCUT2D eigenvalue weighted by atomic mass is 32.1. The van der Waals surface area contributed by atoms with Gasteiger partial charge in [0.25, 0.3) is 0 Å². The first-order chi connectivity index (χ1) is 13.2. The number of nitrogens with one attached hydrogen (secondary N) is 1. The molecular weight excluding hydrogens is 360 g/mol. The molecule has 0 fully saturated rings. The Bertz CT molecular complexity index is 1020. The molecule has 0 spiro atoms. The Labute approximate surface area is 160 Å². The number of methoxy groups -OCH3 is 1. The number of fused-ring (bicyclic) bond motifs is 1. The summed E-state index contributed by atoms with van der Waals surface area (Å²) >= 11 is 1.64. The van der Waals surface area contributed by atoms with Gasteiger partial charge in [0.15, 0.2) is 5.78 Å². The van der Waals surface area contributed by atoms with E-state index in [4.69, 9.17) is 4.74 Å². The van der Waals surface area contributed by atoms with E-state index in [2.05, 4.69) is 21.5 Å². The summed E-state index contributed by atoms with van der Waals surface area (Å²) in [5.74, 6) is 1.83. The third-order valence-corrected chi connectivity index (χ3v) is 6.19. The zero-order valence-corrected chi connectivity index (χ0v) is 15.6. The van der Waals surface area contributed by atoms with Crippen molar-refractivity contribution in [3.63, 3.8) is 0 Å². The first kappa shape index (κ1) is 16.3. The third-order valence-electron chi connectivity index (χ3n) is 5.26. The van der Waals surface area contributed by atoms with Crippen LogP contribution in [0.2, 0.25) is 0 Å². The quantitative estimate of drug-likeness (QED) is 0.751. The maximum atomic E-state index is 13.2. The number of benzene rings is 1. The second-order valence-electron chi connectivity index (χ2n) is 6.76. The summed E-state index contributed by atoms with van der Waals surface area (Å²) in [6.07, 6.45) is 2.81. The number of carbonyl (C=O) groups is 1. The molecule has 1 aliphatic carbocycles. The maximum absolute atomic E-state index is 13.2. The number of ether oxygens (including phenoxy) is 1. The van der Waals surface area contributed by atoms with Crippen molar-refractivity contribution in [2.75, 3.05) is 12.4 Å². The molecule has 0 amide bonds. The monoisotopic (exact) mass is 378 g/mol. The predicted molar refractivity (Wildman–Crippen MR) is 103 cm³/mol. The Balaban J connectivity index is 1.54. The molecule has 2 atom stereocenters. The van der Waals surface area contributed by atoms with Crippen LogP contribution in [0.4, 0.5) is 5.95 Å². The lowest BCUT2D eigenvalue weighted by Crippen LogP contribution is -2.33. The fraction of sp³-hybridized carbons (Fsp3) is 0.250. The van der Waals surface area contributed by atoms with Gasteiger partial charge in [-0.2, -0.15) is 10.1 Å². The Kier molecular flexibility index (Phi) is 3.82. The minimum atomic E-state index is -0.192. The molecule has 0 radical (unpaired) electrons. The van der Waals surface area contributed by atoms with Gasteiger partial charge in [0.1, 0.15) is 18.1 Å². The average molecular weight is 378 g/mol. The second kappa shape index (κ2) is 6.35. The first-order valence-corrected chi connectivity index (χ1v) is 9.72. The molecular formula is C20H18N4O2S. The molecule has 5 rings (SSSR count). The number of hydrogen-bond acceptors (Lipinski definition) is 6. The molecule has 0 saturated heterocycles. The van der Waals surface area contributed by atoms with Crippen LogP contribution in [-0.4, -0.2) is 27.7 Å². The Morgan fingerprint density at radius 2 is 2.07 bits per heavy atom. The molecule has 3 heterocycles. The van der Waals surface area contributed by atoms with E-state index in [0.29, 0.717) is 12.4 Å². The molecule has 7 heteroatoms. The van der Waals surface area contributed by atoms with E-state index in [1.165, 1.54) is 6.33 Å². The van der Waals surface area contributed by atoms with Crippen LogP contribution in [0, 0.1) is 0 Å². The Morgan fingerprint density at radius 1 is 1.22 bits per heavy atom. The van der Waals surface area contributed by atoms with Crippen LogP contribution in [-0.2, 0) is 4.79 Å². The molecule has 1 N–H and O–H groups in total. The van der Waals surface area contributed by atoms with E-state index >= 15 is 0 Å². The summed E-state index contributed by atoms with van der Waals surface area (Å²) in [4.78, 5) is 18.6. The lowest BCUT2D eigenvalue weighted by atomic mass is 9.79. The lowest BCUT2D eigenvalue weighted by Gasteiger charge is -2.34. The maximum Gasteiger partial charge on any atom is 0.226 e. The van der Waals surface area contributed by atoms with Gasteiger partial charge in [-0.05, 0) is 41.5 Å². The topological polar surface area (TPSA) is 69.0 Å². The predicted octanol–water partition coefficient (Wildman–Crippen LogP) is 3.76. The fourth-order valence-corrected chi connectivity index (χ4v) is 4.79. The number of allylic oxidation sites excluding steroid dienone is 2. The number of carbonyl (C=O) groups excluding carboxylic acids is 1. The fourth-order valence-electron chi connectivity index (χ4n) is 3.97. The van der Waals surface area contributed by atoms with Crippen molar-refractivity contribution in [1.82, 2.24) is 14.8 Å². The summed E-state index contributed by atoms with van der Waals surface area (Å²) in [6, 6.07) is 11.9. The van der Waals surface area contributed by atoms with Crippen LogP contribution in [0.15, 0.2) is 59.4 Å². The molecule has 136 valence electrons. The number of ketones is 1. The van der Waals surface area contributed by atoms with Crippen molar-refractivity contribution in [1.29, 1.82) is 0 Å². The van der Waals surface area contributed by atoms with Crippen LogP contribution in [0.5, 0.6) is 5.75 Å². The summed E-state index contributed by atoms with van der Waals surface area (Å²) in [6.45, 7) is 0. The van der Waals surface area contributed by atoms with Crippen molar-refractivity contribution >= 4 is 23.1 Å². The number of hydrogen-bond donors (Lipinski definition) is 1. The second-order valence-corrected chi connectivity index (χ2v) is 7.74. The molecule has 2 aromatic heterocycles. The number of nitrogens with zero attached hydrogens (tertiary/aromatic N) is 3. The van der Waals surface area contributed by atoms with Crippen LogP contribution in [0.25, 0.3) is 0 Å². The number of thiophene rings is 1. The summed E-state index contributed by atoms with van der Waals surface area (Å²) in [5, 5.41) is 9.75. The number of Topliss-reactive ketones (excluding diaryl/α,β-unsaturated/α-hetero) is 1. The largest absolute Gasteiger partial charge is 0.497 e. The van der Waals surface area contributed by atoms with Crippen LogP contribution < -0.4 is 10.1 Å². The highest BCUT2D eigenvalue weighted by molar-refractivity contribution is 7.10. The van der Waals surface area contributed by atoms with Crippen LogP contribution >= 0.6 is 11.3 Å². The average Bonchev–Trinajstić information content (AvgIpc) is 3.38. The molecule has 3 aromatic rings. The van der Waals surface area contributed by atoms with E-state index in [-0.39, 0.29) is 17.7 Å². The molecule has 1 aliphatic heterocycles. The van der Waals surface area contributed by atoms with Gasteiger partial charge in [-0.1, -0.05) is 18.2 Å². The van der Waals surface area contributed by atoms with E-state index < -0.39 is 0 Å². The van der Waals surface area contributed by atoms with Gasteiger partial charge in [-0.15, -0.1) is 11.3 Å². The van der Waals surface area contributed by atoms with Crippen LogP contribution in [0.1, 0.15) is 35.2 Å². The summed E-state index contributed by atoms with van der Waals surface area (Å²) in [7, 11) is 1.66. The normalized spacial score (nSPS) is 21.4. The van der Waals surface area contributed by atoms with E-state index in [9.17, 15) is 4.79 Å². The molecule has 27 heavy (non-hydrogen) atoms. The number of anilines is 1. The van der Waals surface area contributed by atoms with Gasteiger partial charge >= 0.3 is 0 Å². The van der Waals surface area contributed by atoms with Gasteiger partial charge in [0.05, 0.1) is 7.11 Å². The van der Waals surface area contributed by atoms with Gasteiger partial charge in [0.2, 0.25) is 5.95 Å². The van der Waals surface area contributed by atoms with E-state index in [1.54, 1.807) is 18.4 Å². The van der Waals surface area contributed by atoms with Gasteiger partial charge < -0.3 is 10.1 Å². The third kappa shape index (κ3) is 2.66.